The highest BCUT2D eigenvalue weighted by Crippen LogP contribution is 2.66. The Kier molecular flexibility index (Phi) is 20.4. The number of amides is 1. The number of nitrogens with one attached hydrogen (secondary N) is 3. The lowest BCUT2D eigenvalue weighted by Gasteiger charge is -2.25. The van der Waals surface area contributed by atoms with Gasteiger partial charge in [-0.3, -0.25) is 32.8 Å². The number of hydrogen-bond donors (Lipinski definition) is 10. The first-order valence-corrected chi connectivity index (χ1v) is 34.0. The number of benzene rings is 2. The number of fused-ring (bicyclic) bond motifs is 3. The molecule has 0 radical (unpaired) electrons. The van der Waals surface area contributed by atoms with Gasteiger partial charge in [-0.05, 0) is 88.4 Å². The molecule has 3 aliphatic heterocycles. The number of rotatable bonds is 28. The van der Waals surface area contributed by atoms with Crippen LogP contribution in [-0.2, 0) is 67.4 Å². The summed E-state index contributed by atoms with van der Waals surface area (Å²) in [5.74, 6) is -1.09. The van der Waals surface area contributed by atoms with Gasteiger partial charge in [0.2, 0.25) is 17.5 Å². The van der Waals surface area contributed by atoms with Crippen molar-refractivity contribution in [3.8, 4) is 0 Å². The SMILES string of the molecule is CCN1/C(=C/C=C/C=C/C2=[N+](CCCCCC(=O)NCCCCCCNP(=O)(O)OP(=O)(O)OP(=O)(O)OCC3OC(n4cnc5c(=O)[nH]c(N)nc54)C(C)C3O)c3ccc(S(=O)(=O)O)cc3C2(C)C)C(C)(C)c2cc(S(=O)(=O)O)ccc21. The molecule has 1 amide bonds. The molecule has 7 unspecified atom stereocenters. The zero-order valence-corrected chi connectivity index (χ0v) is 50.7. The summed E-state index contributed by atoms with van der Waals surface area (Å²) < 4.78 is 128. The number of allylic oxidation sites excluding steroid dienone is 6. The Morgan fingerprint density at radius 2 is 1.53 bits per heavy atom. The van der Waals surface area contributed by atoms with Crippen LogP contribution >= 0.6 is 23.4 Å². The predicted octanol–water partition coefficient (Wildman–Crippen LogP) is 6.16. The van der Waals surface area contributed by atoms with Crippen LogP contribution in [0.15, 0.2) is 93.4 Å². The Morgan fingerprint density at radius 3 is 2.20 bits per heavy atom. The minimum Gasteiger partial charge on any atom is -0.390 e. The number of carbonyl (C=O) groups excluding carboxylic acids is 1. The third-order valence-corrected chi connectivity index (χ3v) is 20.8. The Hall–Kier alpha value is -5.10. The maximum atomic E-state index is 12.7. The molecule has 0 aliphatic carbocycles. The summed E-state index contributed by atoms with van der Waals surface area (Å²) in [7, 11) is -25.2. The van der Waals surface area contributed by atoms with Crippen molar-refractivity contribution in [2.45, 2.75) is 132 Å². The number of hydrogen-bond acceptors (Lipinski definition) is 18. The number of aliphatic hydroxyl groups is 1. The van der Waals surface area contributed by atoms with Gasteiger partial charge in [-0.2, -0.15) is 35.0 Å². The van der Waals surface area contributed by atoms with Gasteiger partial charge in [-0.15, -0.1) is 0 Å². The summed E-state index contributed by atoms with van der Waals surface area (Å²) in [6.07, 6.45) is 11.3. The molecule has 0 saturated carbocycles. The highest BCUT2D eigenvalue weighted by Gasteiger charge is 2.47. The lowest BCUT2D eigenvalue weighted by Crippen LogP contribution is -2.29. The van der Waals surface area contributed by atoms with Crippen LogP contribution in [-0.4, -0.2) is 126 Å². The summed E-state index contributed by atoms with van der Waals surface area (Å²) >= 11 is 0. The van der Waals surface area contributed by atoms with Crippen LogP contribution in [0.25, 0.3) is 11.2 Å². The molecule has 0 bridgehead atoms. The van der Waals surface area contributed by atoms with Gasteiger partial charge in [0, 0.05) is 72.9 Å². The van der Waals surface area contributed by atoms with Gasteiger partial charge in [0.05, 0.1) is 34.2 Å². The standard InChI is InChI=1S/C50H70N9O19P3S2/c1-7-57-37-23-21-33(82(69,70)71)28-35(37)49(3,4)40(57)18-12-10-13-19-41-50(5,6)36-29-34(83(72,73)74)22-24-38(36)58(41)27-17-11-14-20-42(60)52-25-15-8-9-16-26-54-79(63,64)77-81(67,68)78-80(65,66)75-30-39-44(61)32(2)47(76-39)59-31-53-43-45(59)55-48(51)56-46(43)62/h10,12-13,18-19,21-24,28-29,31-32,39,44,47,61H,7-9,11,14-17,20,25-27,30H2,1-6H3,(H9-,51,52,54,55,56,60,62,63,64,65,66,67,68,69,70,71,72,73,74)/p+1. The first-order chi connectivity index (χ1) is 38.7. The number of aromatic amines is 1. The van der Waals surface area contributed by atoms with E-state index in [0.717, 1.165) is 28.3 Å². The maximum absolute atomic E-state index is 12.7. The van der Waals surface area contributed by atoms with Crippen molar-refractivity contribution < 1.29 is 86.7 Å². The zero-order valence-electron chi connectivity index (χ0n) is 46.4. The van der Waals surface area contributed by atoms with Crippen molar-refractivity contribution in [3.05, 3.63) is 100 Å². The number of nitrogens with two attached hydrogens (primary N) is 1. The van der Waals surface area contributed by atoms with E-state index in [0.29, 0.717) is 70.1 Å². The number of ether oxygens (including phenoxy) is 1. The number of nitrogens with zero attached hydrogens (tertiary/aromatic N) is 5. The second-order valence-electron chi connectivity index (χ2n) is 21.2. The van der Waals surface area contributed by atoms with E-state index in [1.165, 1.54) is 35.2 Å². The summed E-state index contributed by atoms with van der Waals surface area (Å²) in [5, 5.41) is 15.7. The van der Waals surface area contributed by atoms with Crippen LogP contribution in [0.5, 0.6) is 0 Å². The van der Waals surface area contributed by atoms with Crippen LogP contribution in [0.1, 0.15) is 110 Å². The van der Waals surface area contributed by atoms with Crippen LogP contribution in [0.2, 0.25) is 0 Å². The molecule has 4 aromatic rings. The molecule has 3 aliphatic rings. The number of likely N-dealkylation sites (N-methyl/N-ethyl adjacent to an activating group) is 1. The first kappa shape index (κ1) is 65.4. The second-order valence-corrected chi connectivity index (χ2v) is 28.9. The number of carbonyl (C=O) groups is 1. The number of H-pyrrole nitrogens is 1. The summed E-state index contributed by atoms with van der Waals surface area (Å²) in [5.41, 5.74) is 8.63. The number of phosphoric acid groups is 2. The van der Waals surface area contributed by atoms with E-state index in [-0.39, 0.29) is 45.8 Å². The lowest BCUT2D eigenvalue weighted by atomic mass is 9.81. The van der Waals surface area contributed by atoms with Crippen molar-refractivity contribution in [1.82, 2.24) is 29.9 Å². The fraction of sp³-hybridized carbons (Fsp3) is 0.500. The third-order valence-electron chi connectivity index (χ3n) is 14.6. The van der Waals surface area contributed by atoms with Crippen molar-refractivity contribution in [1.29, 1.82) is 0 Å². The number of aromatic nitrogens is 4. The molecule has 33 heteroatoms. The van der Waals surface area contributed by atoms with Crippen molar-refractivity contribution in [2.24, 2.45) is 5.92 Å². The smallest absolute Gasteiger partial charge is 0.390 e. The molecule has 5 heterocycles. The van der Waals surface area contributed by atoms with Gasteiger partial charge >= 0.3 is 23.4 Å². The largest absolute Gasteiger partial charge is 0.489 e. The van der Waals surface area contributed by atoms with Crippen LogP contribution in [0, 0.1) is 5.92 Å². The number of unbranched alkanes of at least 4 members (excludes halogenated alkanes) is 5. The lowest BCUT2D eigenvalue weighted by molar-refractivity contribution is -0.438. The molecule has 11 N–H and O–H groups in total. The molecule has 2 aromatic heterocycles. The molecule has 2 aromatic carbocycles. The Balaban J connectivity index is 0.816. The normalized spacial score (nSPS) is 22.4. The third kappa shape index (κ3) is 15.7. The Labute approximate surface area is 479 Å². The number of anilines is 2. The molecule has 0 spiro atoms. The monoisotopic (exact) mass is 1260 g/mol. The van der Waals surface area contributed by atoms with E-state index in [1.54, 1.807) is 19.1 Å². The van der Waals surface area contributed by atoms with E-state index in [2.05, 4.69) is 43.5 Å². The minimum absolute atomic E-state index is 0.0313. The minimum atomic E-state index is -5.73. The second kappa shape index (κ2) is 25.9. The number of phosphoric ester groups is 1. The molecule has 456 valence electrons. The summed E-state index contributed by atoms with van der Waals surface area (Å²) in [6.45, 7) is 11.9. The molecule has 1 saturated heterocycles. The van der Waals surface area contributed by atoms with Gasteiger partial charge in [0.15, 0.2) is 16.9 Å². The molecule has 28 nitrogen and oxygen atoms in total. The Bertz CT molecular complexity index is 3680. The highest BCUT2D eigenvalue weighted by atomic mass is 32.2. The van der Waals surface area contributed by atoms with E-state index in [4.69, 9.17) is 15.0 Å². The molecular weight excluding hydrogens is 1190 g/mol. The zero-order chi connectivity index (χ0) is 61.1. The number of aliphatic hydroxyl groups excluding tert-OH is 1. The van der Waals surface area contributed by atoms with E-state index >= 15 is 0 Å². The highest BCUT2D eigenvalue weighted by molar-refractivity contribution is 7.86. The predicted molar refractivity (Wildman–Crippen MR) is 305 cm³/mol. The molecule has 7 rings (SSSR count). The average Bonchev–Trinajstić information content (AvgIpc) is 2.03. The van der Waals surface area contributed by atoms with Crippen LogP contribution < -0.4 is 26.6 Å². The van der Waals surface area contributed by atoms with E-state index in [1.807, 2.05) is 65.0 Å². The maximum Gasteiger partial charge on any atom is 0.489 e. The molecule has 1 fully saturated rings. The fourth-order valence-electron chi connectivity index (χ4n) is 10.4. The number of nitrogen functional groups attached to an aromatic ring is 1. The van der Waals surface area contributed by atoms with Gasteiger partial charge in [-0.1, -0.05) is 51.8 Å². The summed E-state index contributed by atoms with van der Waals surface area (Å²) in [6, 6.07) is 9.10. The van der Waals surface area contributed by atoms with Gasteiger partial charge in [-0.25, -0.2) is 23.8 Å². The van der Waals surface area contributed by atoms with Crippen molar-refractivity contribution >= 4 is 83.7 Å². The fourth-order valence-corrected chi connectivity index (χ4v) is 15.2. The average molecular weight is 1260 g/mol. The molecule has 83 heavy (non-hydrogen) atoms. The van der Waals surface area contributed by atoms with Crippen LogP contribution in [0.3, 0.4) is 0 Å². The van der Waals surface area contributed by atoms with Crippen molar-refractivity contribution in [2.75, 3.05) is 43.4 Å². The van der Waals surface area contributed by atoms with Crippen LogP contribution in [0.4, 0.5) is 17.3 Å². The quantitative estimate of drug-likeness (QED) is 0.0100. The topological polar surface area (TPSA) is 415 Å². The Morgan fingerprint density at radius 1 is 0.880 bits per heavy atom. The molecule has 7 atom stereocenters. The van der Waals surface area contributed by atoms with E-state index in [9.17, 15) is 69.0 Å². The van der Waals surface area contributed by atoms with E-state index < -0.39 is 91.0 Å². The first-order valence-electron chi connectivity index (χ1n) is 26.5. The number of imidazole rings is 1. The molecular formula is C50H71N9O19P3S2+. The van der Waals surface area contributed by atoms with Gasteiger partial charge in [0.1, 0.15) is 18.9 Å². The van der Waals surface area contributed by atoms with Gasteiger partial charge < -0.3 is 40.5 Å². The van der Waals surface area contributed by atoms with Gasteiger partial charge in [0.25, 0.3) is 25.8 Å². The summed E-state index contributed by atoms with van der Waals surface area (Å²) in [4.78, 5) is 67.3. The van der Waals surface area contributed by atoms with Crippen molar-refractivity contribution in [3.63, 3.8) is 0 Å².